The number of nitrogens with one attached hydrogen (secondary N) is 1. The van der Waals surface area contributed by atoms with E-state index in [2.05, 4.69) is 52.9 Å². The number of aryl methyl sites for hydroxylation is 1. The highest BCUT2D eigenvalue weighted by atomic mass is 32.1. The second-order valence-corrected chi connectivity index (χ2v) is 6.58. The number of benzene rings is 1. The van der Waals surface area contributed by atoms with Gasteiger partial charge in [0, 0.05) is 39.3 Å². The lowest BCUT2D eigenvalue weighted by Gasteiger charge is -2.29. The van der Waals surface area contributed by atoms with Gasteiger partial charge in [0.2, 0.25) is 0 Å². The van der Waals surface area contributed by atoms with Crippen molar-refractivity contribution < 1.29 is 4.74 Å². The van der Waals surface area contributed by atoms with Crippen molar-refractivity contribution in [3.05, 3.63) is 48.0 Å². The van der Waals surface area contributed by atoms with Gasteiger partial charge >= 0.3 is 0 Å². The van der Waals surface area contributed by atoms with Crippen molar-refractivity contribution in [2.24, 2.45) is 0 Å². The smallest absolute Gasteiger partial charge is 0.169 e. The van der Waals surface area contributed by atoms with Crippen molar-refractivity contribution in [3.63, 3.8) is 0 Å². The van der Waals surface area contributed by atoms with Gasteiger partial charge in [-0.2, -0.15) is 0 Å². The number of rotatable bonds is 8. The number of nitrogens with zero attached hydrogens (tertiary/aromatic N) is 2. The zero-order chi connectivity index (χ0) is 17.2. The Labute approximate surface area is 151 Å². The summed E-state index contributed by atoms with van der Waals surface area (Å²) < 4.78 is 5.41. The topological polar surface area (TPSA) is 27.7 Å². The molecule has 0 aliphatic carbocycles. The normalized spacial score (nSPS) is 15.0. The van der Waals surface area contributed by atoms with Crippen LogP contribution in [0.4, 0.5) is 0 Å². The third-order valence-corrected chi connectivity index (χ3v) is 4.55. The zero-order valence-corrected chi connectivity index (χ0v) is 15.5. The highest BCUT2D eigenvalue weighted by molar-refractivity contribution is 7.80. The predicted molar refractivity (Wildman–Crippen MR) is 104 cm³/mol. The van der Waals surface area contributed by atoms with Crippen LogP contribution in [0.2, 0.25) is 0 Å². The molecule has 0 saturated carbocycles. The van der Waals surface area contributed by atoms with Crippen LogP contribution in [0.3, 0.4) is 0 Å². The summed E-state index contributed by atoms with van der Waals surface area (Å²) in [6, 6.07) is 8.63. The molecule has 0 spiro atoms. The Kier molecular flexibility index (Phi) is 8.22. The Hall–Kier alpha value is -1.43. The molecule has 0 radical (unpaired) electrons. The summed E-state index contributed by atoms with van der Waals surface area (Å²) in [6.45, 7) is 13.3. The Morgan fingerprint density at radius 1 is 1.42 bits per heavy atom. The first kappa shape index (κ1) is 18.9. The molecule has 0 aromatic heterocycles. The van der Waals surface area contributed by atoms with Crippen molar-refractivity contribution in [2.75, 3.05) is 45.9 Å². The summed E-state index contributed by atoms with van der Waals surface area (Å²) in [7, 11) is 0. The summed E-state index contributed by atoms with van der Waals surface area (Å²) in [6.07, 6.45) is 2.94. The minimum absolute atomic E-state index is 0.701. The van der Waals surface area contributed by atoms with Crippen LogP contribution in [-0.4, -0.2) is 60.8 Å². The molecule has 4 nitrogen and oxygen atoms in total. The second-order valence-electron chi connectivity index (χ2n) is 6.19. The highest BCUT2D eigenvalue weighted by Crippen LogP contribution is 2.09. The number of morpholine rings is 1. The van der Waals surface area contributed by atoms with Gasteiger partial charge in [0.1, 0.15) is 0 Å². The van der Waals surface area contributed by atoms with Crippen LogP contribution in [-0.2, 0) is 11.3 Å². The predicted octanol–water partition coefficient (Wildman–Crippen LogP) is 2.58. The summed E-state index contributed by atoms with van der Waals surface area (Å²) in [5, 5.41) is 4.07. The molecule has 1 aromatic carbocycles. The first-order valence-corrected chi connectivity index (χ1v) is 9.09. The monoisotopic (exact) mass is 347 g/mol. The average Bonchev–Trinajstić information content (AvgIpc) is 2.60. The first-order chi connectivity index (χ1) is 11.7. The molecular formula is C19H29N3OS. The molecule has 1 N–H and O–H groups in total. The van der Waals surface area contributed by atoms with E-state index in [1.807, 2.05) is 6.08 Å². The Bertz CT molecular complexity index is 529. The SMILES string of the molecule is C=CCNC(=S)N(CCCN1CCOCC1)Cc1cccc(C)c1. The lowest BCUT2D eigenvalue weighted by molar-refractivity contribution is 0.0367. The van der Waals surface area contributed by atoms with Gasteiger partial charge in [0.05, 0.1) is 13.2 Å². The van der Waals surface area contributed by atoms with Crippen LogP contribution in [0.15, 0.2) is 36.9 Å². The largest absolute Gasteiger partial charge is 0.379 e. The van der Waals surface area contributed by atoms with E-state index in [1.54, 1.807) is 0 Å². The van der Waals surface area contributed by atoms with Gasteiger partial charge in [-0.3, -0.25) is 4.90 Å². The van der Waals surface area contributed by atoms with Crippen LogP contribution in [0.25, 0.3) is 0 Å². The molecule has 0 amide bonds. The van der Waals surface area contributed by atoms with Gasteiger partial charge in [0.25, 0.3) is 0 Å². The van der Waals surface area contributed by atoms with Crippen molar-refractivity contribution in [1.29, 1.82) is 0 Å². The Morgan fingerprint density at radius 2 is 2.21 bits per heavy atom. The molecule has 0 bridgehead atoms. The van der Waals surface area contributed by atoms with E-state index < -0.39 is 0 Å². The fraction of sp³-hybridized carbons (Fsp3) is 0.526. The summed E-state index contributed by atoms with van der Waals surface area (Å²) in [5.41, 5.74) is 2.58. The van der Waals surface area contributed by atoms with Gasteiger partial charge in [-0.15, -0.1) is 6.58 Å². The van der Waals surface area contributed by atoms with E-state index in [1.165, 1.54) is 11.1 Å². The average molecular weight is 348 g/mol. The van der Waals surface area contributed by atoms with Crippen LogP contribution in [0.1, 0.15) is 17.5 Å². The van der Waals surface area contributed by atoms with E-state index in [-0.39, 0.29) is 0 Å². The molecule has 1 aromatic rings. The summed E-state index contributed by atoms with van der Waals surface area (Å²) in [5.74, 6) is 0. The van der Waals surface area contributed by atoms with E-state index in [0.717, 1.165) is 57.5 Å². The number of hydrogen-bond donors (Lipinski definition) is 1. The maximum atomic E-state index is 5.58. The standard InChI is InChI=1S/C19H29N3OS/c1-3-8-20-19(24)22(16-18-7-4-6-17(2)15-18)10-5-9-21-11-13-23-14-12-21/h3-4,6-7,15H,1,5,8-14,16H2,2H3,(H,20,24). The highest BCUT2D eigenvalue weighted by Gasteiger charge is 2.13. The summed E-state index contributed by atoms with van der Waals surface area (Å²) in [4.78, 5) is 4.72. The lowest BCUT2D eigenvalue weighted by atomic mass is 10.1. The minimum atomic E-state index is 0.701. The summed E-state index contributed by atoms with van der Waals surface area (Å²) >= 11 is 5.58. The molecule has 1 heterocycles. The molecule has 132 valence electrons. The maximum absolute atomic E-state index is 5.58. The fourth-order valence-electron chi connectivity index (χ4n) is 2.86. The maximum Gasteiger partial charge on any atom is 0.169 e. The molecular weight excluding hydrogens is 318 g/mol. The number of hydrogen-bond acceptors (Lipinski definition) is 3. The van der Waals surface area contributed by atoms with Gasteiger partial charge in [-0.05, 0) is 31.1 Å². The molecule has 1 fully saturated rings. The third-order valence-electron chi connectivity index (χ3n) is 4.15. The van der Waals surface area contributed by atoms with Crippen LogP contribution in [0, 0.1) is 6.92 Å². The van der Waals surface area contributed by atoms with Crippen molar-refractivity contribution in [1.82, 2.24) is 15.1 Å². The quantitative estimate of drug-likeness (QED) is 0.576. The van der Waals surface area contributed by atoms with E-state index in [9.17, 15) is 0 Å². The van der Waals surface area contributed by atoms with Crippen molar-refractivity contribution >= 4 is 17.3 Å². The van der Waals surface area contributed by atoms with E-state index >= 15 is 0 Å². The zero-order valence-electron chi connectivity index (χ0n) is 14.7. The van der Waals surface area contributed by atoms with Crippen LogP contribution >= 0.6 is 12.2 Å². The molecule has 5 heteroatoms. The molecule has 1 aliphatic heterocycles. The van der Waals surface area contributed by atoms with Crippen LogP contribution in [0.5, 0.6) is 0 Å². The first-order valence-electron chi connectivity index (χ1n) is 8.68. The van der Waals surface area contributed by atoms with Crippen molar-refractivity contribution in [3.8, 4) is 0 Å². The minimum Gasteiger partial charge on any atom is -0.379 e. The Morgan fingerprint density at radius 3 is 2.92 bits per heavy atom. The lowest BCUT2D eigenvalue weighted by Crippen LogP contribution is -2.42. The van der Waals surface area contributed by atoms with E-state index in [0.29, 0.717) is 6.54 Å². The van der Waals surface area contributed by atoms with Gasteiger partial charge < -0.3 is 15.0 Å². The van der Waals surface area contributed by atoms with E-state index in [4.69, 9.17) is 17.0 Å². The van der Waals surface area contributed by atoms with Gasteiger partial charge in [-0.1, -0.05) is 35.9 Å². The number of ether oxygens (including phenoxy) is 1. The van der Waals surface area contributed by atoms with Gasteiger partial charge in [0.15, 0.2) is 5.11 Å². The fourth-order valence-corrected chi connectivity index (χ4v) is 3.10. The molecule has 24 heavy (non-hydrogen) atoms. The molecule has 0 unspecified atom stereocenters. The molecule has 2 rings (SSSR count). The third kappa shape index (κ3) is 6.59. The van der Waals surface area contributed by atoms with Crippen LogP contribution < -0.4 is 5.32 Å². The van der Waals surface area contributed by atoms with Crippen molar-refractivity contribution in [2.45, 2.75) is 19.9 Å². The second kappa shape index (κ2) is 10.4. The molecule has 1 aliphatic rings. The van der Waals surface area contributed by atoms with Gasteiger partial charge in [-0.25, -0.2) is 0 Å². The molecule has 0 atom stereocenters. The number of thiocarbonyl (C=S) groups is 1. The Balaban J connectivity index is 1.88. The molecule has 1 saturated heterocycles.